The van der Waals surface area contributed by atoms with E-state index in [2.05, 4.69) is 19.7 Å². The molecule has 0 aromatic rings. The highest BCUT2D eigenvalue weighted by atomic mass is 31.1. The van der Waals surface area contributed by atoms with Gasteiger partial charge in [0.1, 0.15) is 0 Å². The zero-order valence-electron chi connectivity index (χ0n) is 7.33. The van der Waals surface area contributed by atoms with Crippen molar-refractivity contribution in [1.82, 2.24) is 0 Å². The van der Waals surface area contributed by atoms with Gasteiger partial charge in [0.2, 0.25) is 0 Å². The Labute approximate surface area is 76.1 Å². The summed E-state index contributed by atoms with van der Waals surface area (Å²) in [6.45, 7) is 10.9. The van der Waals surface area contributed by atoms with Crippen molar-refractivity contribution in [3.05, 3.63) is 38.0 Å². The summed E-state index contributed by atoms with van der Waals surface area (Å²) in [5.74, 6) is 0. The molecule has 0 atom stereocenters. The lowest BCUT2D eigenvalue weighted by atomic mass is 9.96. The fourth-order valence-corrected chi connectivity index (χ4v) is 1.78. The van der Waals surface area contributed by atoms with E-state index in [0.29, 0.717) is 0 Å². The summed E-state index contributed by atoms with van der Waals surface area (Å²) in [4.78, 5) is 0. The van der Waals surface area contributed by atoms with E-state index in [9.17, 15) is 4.57 Å². The van der Waals surface area contributed by atoms with Gasteiger partial charge in [0.15, 0.2) is 8.46 Å². The molecule has 0 rings (SSSR count). The van der Waals surface area contributed by atoms with Gasteiger partial charge < -0.3 is 0 Å². The van der Waals surface area contributed by atoms with E-state index in [1.54, 1.807) is 18.2 Å². The Morgan fingerprint density at radius 2 is 1.33 bits per heavy atom. The van der Waals surface area contributed by atoms with Crippen molar-refractivity contribution in [2.45, 2.75) is 24.4 Å². The molecular weight excluding hydrogens is 167 g/mol. The minimum Gasteiger partial charge on any atom is -0.274 e. The Balaban J connectivity index is 4.45. The highest BCUT2D eigenvalue weighted by molar-refractivity contribution is 7.26. The lowest BCUT2D eigenvalue weighted by Crippen LogP contribution is -2.18. The van der Waals surface area contributed by atoms with Crippen LogP contribution in [0.4, 0.5) is 0 Å². The van der Waals surface area contributed by atoms with Gasteiger partial charge in [-0.25, -0.2) is 0 Å². The predicted octanol–water partition coefficient (Wildman–Crippen LogP) is 3.75. The summed E-state index contributed by atoms with van der Waals surface area (Å²) < 4.78 is 11.0. The Bertz CT molecular complexity index is 158. The molecular formula is C10H15OP. The van der Waals surface area contributed by atoms with Crippen LogP contribution in [-0.2, 0) is 4.57 Å². The SMILES string of the molecule is C=CCC(CC=C)(CC=C)P=O. The Morgan fingerprint density at radius 3 is 1.50 bits per heavy atom. The van der Waals surface area contributed by atoms with Gasteiger partial charge in [-0.1, -0.05) is 18.2 Å². The van der Waals surface area contributed by atoms with Crippen LogP contribution in [0.25, 0.3) is 0 Å². The molecule has 2 heteroatoms. The zero-order chi connectivity index (χ0) is 9.45. The molecule has 0 fully saturated rings. The smallest absolute Gasteiger partial charge is 0.163 e. The van der Waals surface area contributed by atoms with Crippen LogP contribution in [-0.4, -0.2) is 5.16 Å². The monoisotopic (exact) mass is 182 g/mol. The summed E-state index contributed by atoms with van der Waals surface area (Å²) in [5.41, 5.74) is 0. The van der Waals surface area contributed by atoms with Gasteiger partial charge in [0, 0.05) is 0 Å². The first-order chi connectivity index (χ1) is 5.74. The average Bonchev–Trinajstić information content (AvgIpc) is 2.06. The van der Waals surface area contributed by atoms with Gasteiger partial charge in [-0.15, -0.1) is 19.7 Å². The maximum atomic E-state index is 11.0. The molecule has 0 saturated carbocycles. The molecule has 0 amide bonds. The molecule has 0 saturated heterocycles. The molecule has 0 radical (unpaired) electrons. The Kier molecular flexibility index (Phi) is 5.57. The number of hydrogen-bond acceptors (Lipinski definition) is 1. The molecule has 0 bridgehead atoms. The summed E-state index contributed by atoms with van der Waals surface area (Å²) in [5, 5.41) is -0.245. The summed E-state index contributed by atoms with van der Waals surface area (Å²) in [6.07, 6.45) is 7.57. The highest BCUT2D eigenvalue weighted by Crippen LogP contribution is 2.35. The van der Waals surface area contributed by atoms with Crippen LogP contribution in [0.5, 0.6) is 0 Å². The third-order valence-corrected chi connectivity index (χ3v) is 2.70. The molecule has 0 spiro atoms. The highest BCUT2D eigenvalue weighted by Gasteiger charge is 2.26. The standard InChI is InChI=1S/C10H15OP/c1-4-7-10(12-11,8-5-2)9-6-3/h4-6H,1-3,7-9H2. The van der Waals surface area contributed by atoms with Crippen LogP contribution < -0.4 is 0 Å². The predicted molar refractivity (Wildman–Crippen MR) is 54.8 cm³/mol. The minimum atomic E-state index is -0.245. The van der Waals surface area contributed by atoms with Crippen molar-refractivity contribution in [2.24, 2.45) is 0 Å². The van der Waals surface area contributed by atoms with E-state index in [4.69, 9.17) is 0 Å². The molecule has 0 unspecified atom stereocenters. The average molecular weight is 182 g/mol. The lowest BCUT2D eigenvalue weighted by Gasteiger charge is -2.21. The van der Waals surface area contributed by atoms with Crippen LogP contribution >= 0.6 is 8.46 Å². The molecule has 0 N–H and O–H groups in total. The maximum Gasteiger partial charge on any atom is 0.163 e. The summed E-state index contributed by atoms with van der Waals surface area (Å²) >= 11 is 0. The van der Waals surface area contributed by atoms with Crippen molar-refractivity contribution < 1.29 is 4.57 Å². The second-order valence-electron chi connectivity index (χ2n) is 2.79. The van der Waals surface area contributed by atoms with E-state index in [0.717, 1.165) is 19.3 Å². The normalized spacial score (nSPS) is 11.0. The first kappa shape index (κ1) is 11.3. The van der Waals surface area contributed by atoms with E-state index in [1.807, 2.05) is 0 Å². The van der Waals surface area contributed by atoms with E-state index in [1.165, 1.54) is 0 Å². The second kappa shape index (κ2) is 5.91. The van der Waals surface area contributed by atoms with Crippen molar-refractivity contribution >= 4 is 8.46 Å². The molecule has 0 aliphatic rings. The maximum absolute atomic E-state index is 11.0. The van der Waals surface area contributed by atoms with Crippen LogP contribution in [0.3, 0.4) is 0 Å². The van der Waals surface area contributed by atoms with Crippen LogP contribution in [0, 0.1) is 0 Å². The third-order valence-electron chi connectivity index (χ3n) is 1.77. The first-order valence-corrected chi connectivity index (χ1v) is 4.73. The van der Waals surface area contributed by atoms with Gasteiger partial charge in [-0.3, -0.25) is 4.57 Å². The number of allylic oxidation sites excluding steroid dienone is 3. The molecule has 0 aromatic carbocycles. The molecule has 0 aliphatic carbocycles. The Morgan fingerprint density at radius 1 is 1.00 bits per heavy atom. The number of hydrogen-bond donors (Lipinski definition) is 0. The molecule has 0 heterocycles. The topological polar surface area (TPSA) is 17.1 Å². The molecule has 0 aliphatic heterocycles. The quantitative estimate of drug-likeness (QED) is 0.433. The fraction of sp³-hybridized carbons (Fsp3) is 0.400. The minimum absolute atomic E-state index is 0.152. The van der Waals surface area contributed by atoms with Crippen LogP contribution in [0.2, 0.25) is 0 Å². The van der Waals surface area contributed by atoms with Crippen molar-refractivity contribution in [3.63, 3.8) is 0 Å². The van der Waals surface area contributed by atoms with Crippen molar-refractivity contribution in [3.8, 4) is 0 Å². The van der Waals surface area contributed by atoms with Crippen LogP contribution in [0.15, 0.2) is 38.0 Å². The zero-order valence-corrected chi connectivity index (χ0v) is 8.22. The van der Waals surface area contributed by atoms with E-state index in [-0.39, 0.29) is 13.6 Å². The van der Waals surface area contributed by atoms with Crippen LogP contribution in [0.1, 0.15) is 19.3 Å². The second-order valence-corrected chi connectivity index (χ2v) is 3.93. The van der Waals surface area contributed by atoms with Gasteiger partial charge >= 0.3 is 0 Å². The lowest BCUT2D eigenvalue weighted by molar-refractivity contribution is 0.538. The van der Waals surface area contributed by atoms with Gasteiger partial charge in [-0.05, 0) is 19.3 Å². The third kappa shape index (κ3) is 3.15. The van der Waals surface area contributed by atoms with E-state index < -0.39 is 0 Å². The first-order valence-electron chi connectivity index (χ1n) is 3.92. The summed E-state index contributed by atoms with van der Waals surface area (Å²) in [7, 11) is 0.152. The van der Waals surface area contributed by atoms with Gasteiger partial charge in [0.05, 0.1) is 5.16 Å². The van der Waals surface area contributed by atoms with Gasteiger partial charge in [-0.2, -0.15) is 0 Å². The van der Waals surface area contributed by atoms with Gasteiger partial charge in [0.25, 0.3) is 0 Å². The molecule has 0 aromatic heterocycles. The summed E-state index contributed by atoms with van der Waals surface area (Å²) in [6, 6.07) is 0. The molecule has 1 nitrogen and oxygen atoms in total. The largest absolute Gasteiger partial charge is 0.274 e. The molecule has 66 valence electrons. The number of rotatable bonds is 7. The van der Waals surface area contributed by atoms with Crippen molar-refractivity contribution in [2.75, 3.05) is 0 Å². The van der Waals surface area contributed by atoms with E-state index >= 15 is 0 Å². The fourth-order valence-electron chi connectivity index (χ4n) is 1.17. The Hall–Kier alpha value is -0.680. The molecule has 12 heavy (non-hydrogen) atoms. The van der Waals surface area contributed by atoms with Crippen molar-refractivity contribution in [1.29, 1.82) is 0 Å².